The summed E-state index contributed by atoms with van der Waals surface area (Å²) in [7, 11) is 0. The summed E-state index contributed by atoms with van der Waals surface area (Å²) in [5.41, 5.74) is 2.64. The topological polar surface area (TPSA) is 37.3 Å². The largest absolute Gasteiger partial charge is 0.393 e. The standard InChI is InChI=1S/C20H28O2/c1-11-8-13-10-14(21)9-12(2)18(13)15-6-7-20(3)16(19(11)15)4-5-17(20)22/h10-11,15-19,22H,2,4-9H2,1,3H3/t11-,15-,16+,17+,18+,19-,20+/m1/s1. The third-order valence-corrected chi connectivity index (χ3v) is 7.56. The fraction of sp³-hybridized carbons (Fsp3) is 0.750. The fourth-order valence-electron chi connectivity index (χ4n) is 6.62. The van der Waals surface area contributed by atoms with Crippen molar-refractivity contribution in [3.8, 4) is 0 Å². The second kappa shape index (κ2) is 4.80. The third-order valence-electron chi connectivity index (χ3n) is 7.56. The van der Waals surface area contributed by atoms with Gasteiger partial charge in [-0.2, -0.15) is 0 Å². The molecule has 0 heterocycles. The van der Waals surface area contributed by atoms with Crippen molar-refractivity contribution in [2.45, 2.75) is 58.5 Å². The van der Waals surface area contributed by atoms with Gasteiger partial charge in [-0.05, 0) is 67.3 Å². The van der Waals surface area contributed by atoms with Gasteiger partial charge < -0.3 is 5.11 Å². The zero-order valence-electron chi connectivity index (χ0n) is 13.8. The van der Waals surface area contributed by atoms with Crippen LogP contribution in [0.25, 0.3) is 0 Å². The van der Waals surface area contributed by atoms with Gasteiger partial charge in [-0.15, -0.1) is 0 Å². The maximum Gasteiger partial charge on any atom is 0.159 e. The van der Waals surface area contributed by atoms with Crippen molar-refractivity contribution < 1.29 is 9.90 Å². The van der Waals surface area contributed by atoms with Crippen molar-refractivity contribution in [2.75, 3.05) is 0 Å². The molecule has 0 aromatic carbocycles. The van der Waals surface area contributed by atoms with E-state index in [1.165, 1.54) is 18.4 Å². The summed E-state index contributed by atoms with van der Waals surface area (Å²) in [6, 6.07) is 0. The number of carbonyl (C=O) groups is 1. The van der Waals surface area contributed by atoms with Crippen LogP contribution < -0.4 is 0 Å². The molecule has 2 nitrogen and oxygen atoms in total. The highest BCUT2D eigenvalue weighted by molar-refractivity contribution is 5.93. The predicted octanol–water partition coefficient (Wildman–Crippen LogP) is 3.90. The average Bonchev–Trinajstić information content (AvgIpc) is 2.74. The Bertz CT molecular complexity index is 560. The Morgan fingerprint density at radius 3 is 2.86 bits per heavy atom. The van der Waals surface area contributed by atoms with E-state index in [1.807, 2.05) is 6.08 Å². The molecular weight excluding hydrogens is 272 g/mol. The number of rotatable bonds is 0. The first-order valence-corrected chi connectivity index (χ1v) is 9.01. The molecule has 22 heavy (non-hydrogen) atoms. The Balaban J connectivity index is 1.72. The number of hydrogen-bond donors (Lipinski definition) is 1. The first-order valence-electron chi connectivity index (χ1n) is 9.01. The molecule has 0 aromatic heterocycles. The van der Waals surface area contributed by atoms with Crippen LogP contribution in [0.3, 0.4) is 0 Å². The van der Waals surface area contributed by atoms with Crippen molar-refractivity contribution in [1.29, 1.82) is 0 Å². The highest BCUT2D eigenvalue weighted by atomic mass is 16.3. The molecular formula is C20H28O2. The van der Waals surface area contributed by atoms with E-state index in [2.05, 4.69) is 20.4 Å². The molecule has 3 saturated carbocycles. The van der Waals surface area contributed by atoms with Crippen LogP contribution in [0.4, 0.5) is 0 Å². The van der Waals surface area contributed by atoms with Crippen LogP contribution in [0.15, 0.2) is 23.8 Å². The number of carbonyl (C=O) groups excluding carboxylic acids is 1. The van der Waals surface area contributed by atoms with Gasteiger partial charge in [-0.3, -0.25) is 4.79 Å². The van der Waals surface area contributed by atoms with Crippen LogP contribution in [-0.4, -0.2) is 17.0 Å². The van der Waals surface area contributed by atoms with E-state index in [4.69, 9.17) is 0 Å². The molecule has 4 rings (SSSR count). The molecule has 0 radical (unpaired) electrons. The van der Waals surface area contributed by atoms with E-state index in [9.17, 15) is 9.90 Å². The Hall–Kier alpha value is -0.890. The maximum absolute atomic E-state index is 11.9. The van der Waals surface area contributed by atoms with Crippen LogP contribution in [-0.2, 0) is 4.79 Å². The lowest BCUT2D eigenvalue weighted by Crippen LogP contribution is -2.50. The van der Waals surface area contributed by atoms with E-state index >= 15 is 0 Å². The number of aliphatic hydroxyl groups is 1. The van der Waals surface area contributed by atoms with Crippen LogP contribution >= 0.6 is 0 Å². The summed E-state index contributed by atoms with van der Waals surface area (Å²) in [4.78, 5) is 11.9. The Kier molecular flexibility index (Phi) is 3.21. The van der Waals surface area contributed by atoms with E-state index in [-0.39, 0.29) is 17.3 Å². The van der Waals surface area contributed by atoms with Crippen molar-refractivity contribution in [1.82, 2.24) is 0 Å². The van der Waals surface area contributed by atoms with Crippen molar-refractivity contribution >= 4 is 5.78 Å². The summed E-state index contributed by atoms with van der Waals surface area (Å²) >= 11 is 0. The molecule has 0 aliphatic heterocycles. The van der Waals surface area contributed by atoms with Gasteiger partial charge in [0.1, 0.15) is 0 Å². The summed E-state index contributed by atoms with van der Waals surface area (Å²) < 4.78 is 0. The van der Waals surface area contributed by atoms with Crippen LogP contribution in [0.2, 0.25) is 0 Å². The molecule has 1 N–H and O–H groups in total. The zero-order chi connectivity index (χ0) is 15.6. The normalized spacial score (nSPS) is 51.0. The lowest BCUT2D eigenvalue weighted by atomic mass is 9.49. The predicted molar refractivity (Wildman–Crippen MR) is 87.2 cm³/mol. The van der Waals surface area contributed by atoms with E-state index in [0.717, 1.165) is 24.8 Å². The quantitative estimate of drug-likeness (QED) is 0.689. The minimum absolute atomic E-state index is 0.112. The minimum Gasteiger partial charge on any atom is -0.393 e. The molecule has 0 unspecified atom stereocenters. The molecule has 0 saturated heterocycles. The Labute approximate surface area is 133 Å². The molecule has 2 heteroatoms. The highest BCUT2D eigenvalue weighted by Gasteiger charge is 2.57. The molecule has 0 spiro atoms. The maximum atomic E-state index is 11.9. The van der Waals surface area contributed by atoms with Crippen LogP contribution in [0, 0.1) is 35.0 Å². The molecule has 3 fully saturated rings. The van der Waals surface area contributed by atoms with Crippen LogP contribution in [0.1, 0.15) is 52.4 Å². The van der Waals surface area contributed by atoms with Crippen molar-refractivity contribution in [3.05, 3.63) is 23.8 Å². The SMILES string of the molecule is C=C1CC(=O)C=C2C[C@@H](C)[C@@H]3[C@H](CC[C@]4(C)[C@@H](O)CC[C@@H]34)[C@@H]12. The first kappa shape index (κ1) is 14.7. The number of allylic oxidation sites excluding steroid dienone is 2. The van der Waals surface area contributed by atoms with Gasteiger partial charge in [0.2, 0.25) is 0 Å². The van der Waals surface area contributed by atoms with E-state index in [1.54, 1.807) is 0 Å². The number of aliphatic hydroxyl groups excluding tert-OH is 1. The Morgan fingerprint density at radius 2 is 2.09 bits per heavy atom. The second-order valence-corrected chi connectivity index (χ2v) is 8.67. The van der Waals surface area contributed by atoms with E-state index in [0.29, 0.717) is 36.0 Å². The van der Waals surface area contributed by atoms with Gasteiger partial charge in [0.25, 0.3) is 0 Å². The number of hydrogen-bond acceptors (Lipinski definition) is 2. The summed E-state index contributed by atoms with van der Waals surface area (Å²) in [5.74, 6) is 3.33. The van der Waals surface area contributed by atoms with Gasteiger partial charge in [-0.25, -0.2) is 0 Å². The highest BCUT2D eigenvalue weighted by Crippen LogP contribution is 2.63. The lowest BCUT2D eigenvalue weighted by Gasteiger charge is -2.56. The van der Waals surface area contributed by atoms with Gasteiger partial charge in [0.05, 0.1) is 6.10 Å². The minimum atomic E-state index is -0.112. The van der Waals surface area contributed by atoms with Gasteiger partial charge in [-0.1, -0.05) is 31.6 Å². The molecule has 0 bridgehead atoms. The molecule has 0 aromatic rings. The van der Waals surface area contributed by atoms with Gasteiger partial charge >= 0.3 is 0 Å². The summed E-state index contributed by atoms with van der Waals surface area (Å²) in [6.45, 7) is 8.96. The van der Waals surface area contributed by atoms with E-state index < -0.39 is 0 Å². The summed E-state index contributed by atoms with van der Waals surface area (Å²) in [5, 5.41) is 10.5. The molecule has 4 aliphatic rings. The smallest absolute Gasteiger partial charge is 0.159 e. The number of fused-ring (bicyclic) bond motifs is 5. The van der Waals surface area contributed by atoms with Crippen molar-refractivity contribution in [2.24, 2.45) is 35.0 Å². The molecule has 120 valence electrons. The Morgan fingerprint density at radius 1 is 1.32 bits per heavy atom. The fourth-order valence-corrected chi connectivity index (χ4v) is 6.62. The zero-order valence-corrected chi connectivity index (χ0v) is 13.8. The average molecular weight is 300 g/mol. The molecule has 0 amide bonds. The molecule has 7 atom stereocenters. The monoisotopic (exact) mass is 300 g/mol. The lowest BCUT2D eigenvalue weighted by molar-refractivity contribution is -0.115. The van der Waals surface area contributed by atoms with Crippen molar-refractivity contribution in [3.63, 3.8) is 0 Å². The third kappa shape index (κ3) is 1.86. The number of ketones is 1. The molecule has 4 aliphatic carbocycles. The van der Waals surface area contributed by atoms with Gasteiger partial charge in [0.15, 0.2) is 5.78 Å². The second-order valence-electron chi connectivity index (χ2n) is 8.67. The summed E-state index contributed by atoms with van der Waals surface area (Å²) in [6.07, 6.45) is 7.91. The van der Waals surface area contributed by atoms with Gasteiger partial charge in [0, 0.05) is 12.3 Å². The van der Waals surface area contributed by atoms with Crippen LogP contribution in [0.5, 0.6) is 0 Å². The first-order chi connectivity index (χ1) is 10.4.